The quantitative estimate of drug-likeness (QED) is 0.794. The highest BCUT2D eigenvalue weighted by atomic mass is 32.1. The maximum atomic E-state index is 9.63. The first-order valence-electron chi connectivity index (χ1n) is 5.53. The molecule has 0 bridgehead atoms. The van der Waals surface area contributed by atoms with E-state index >= 15 is 0 Å². The second-order valence-electron chi connectivity index (χ2n) is 3.79. The summed E-state index contributed by atoms with van der Waals surface area (Å²) in [6, 6.07) is 8.98. The summed E-state index contributed by atoms with van der Waals surface area (Å²) in [4.78, 5) is 4.85. The van der Waals surface area contributed by atoms with E-state index in [0.717, 1.165) is 11.3 Å². The Morgan fingerprint density at radius 2 is 2.21 bits per heavy atom. The Balaban J connectivity index is 1.99. The number of hydrogen-bond donors (Lipinski definition) is 1. The van der Waals surface area contributed by atoms with Crippen molar-refractivity contribution >= 4 is 11.3 Å². The van der Waals surface area contributed by atoms with Crippen molar-refractivity contribution in [2.75, 3.05) is 7.11 Å². The average molecular weight is 274 g/mol. The van der Waals surface area contributed by atoms with Gasteiger partial charge in [-0.25, -0.2) is 0 Å². The largest absolute Gasteiger partial charge is 0.506 e. The Bertz CT molecular complexity index is 705. The molecule has 2 heterocycles. The smallest absolute Gasteiger partial charge is 0.272 e. The van der Waals surface area contributed by atoms with Crippen molar-refractivity contribution in [3.05, 3.63) is 35.7 Å². The highest BCUT2D eigenvalue weighted by molar-refractivity contribution is 7.13. The van der Waals surface area contributed by atoms with Gasteiger partial charge in [0.1, 0.15) is 16.4 Å². The van der Waals surface area contributed by atoms with Gasteiger partial charge in [-0.3, -0.25) is 0 Å². The zero-order valence-corrected chi connectivity index (χ0v) is 10.8. The minimum absolute atomic E-state index is 0.144. The lowest BCUT2D eigenvalue weighted by atomic mass is 10.2. The minimum Gasteiger partial charge on any atom is -0.506 e. The van der Waals surface area contributed by atoms with Crippen LogP contribution in [0.15, 0.2) is 40.2 Å². The third-order valence-corrected chi connectivity index (χ3v) is 3.48. The van der Waals surface area contributed by atoms with Gasteiger partial charge in [0, 0.05) is 5.56 Å². The zero-order valence-electron chi connectivity index (χ0n) is 10.0. The third kappa shape index (κ3) is 2.17. The van der Waals surface area contributed by atoms with Crippen LogP contribution in [0.5, 0.6) is 11.5 Å². The maximum Gasteiger partial charge on any atom is 0.272 e. The lowest BCUT2D eigenvalue weighted by Crippen LogP contribution is -1.85. The van der Waals surface area contributed by atoms with Crippen LogP contribution in [0.25, 0.3) is 22.2 Å². The Morgan fingerprint density at radius 1 is 1.32 bits per heavy atom. The van der Waals surface area contributed by atoms with E-state index in [1.54, 1.807) is 18.6 Å². The molecule has 0 atom stereocenters. The van der Waals surface area contributed by atoms with Gasteiger partial charge < -0.3 is 14.4 Å². The SMILES string of the molecule is COc1cccc(-c2noc(-c3sccc3O)n2)c1. The van der Waals surface area contributed by atoms with Gasteiger partial charge in [-0.2, -0.15) is 4.98 Å². The van der Waals surface area contributed by atoms with E-state index < -0.39 is 0 Å². The Morgan fingerprint density at radius 3 is 2.95 bits per heavy atom. The van der Waals surface area contributed by atoms with Crippen LogP contribution in [0, 0.1) is 0 Å². The van der Waals surface area contributed by atoms with Crippen LogP contribution in [-0.4, -0.2) is 22.4 Å². The fraction of sp³-hybridized carbons (Fsp3) is 0.0769. The van der Waals surface area contributed by atoms with Crippen LogP contribution in [0.1, 0.15) is 0 Å². The monoisotopic (exact) mass is 274 g/mol. The molecule has 1 aromatic carbocycles. The average Bonchev–Trinajstić information content (AvgIpc) is 3.07. The van der Waals surface area contributed by atoms with E-state index in [4.69, 9.17) is 9.26 Å². The molecule has 5 nitrogen and oxygen atoms in total. The van der Waals surface area contributed by atoms with Gasteiger partial charge in [0.15, 0.2) is 0 Å². The first-order chi connectivity index (χ1) is 9.28. The van der Waals surface area contributed by atoms with Crippen molar-refractivity contribution in [1.29, 1.82) is 0 Å². The highest BCUT2D eigenvalue weighted by Crippen LogP contribution is 2.34. The van der Waals surface area contributed by atoms with Crippen LogP contribution in [0.2, 0.25) is 0 Å². The van der Waals surface area contributed by atoms with E-state index in [1.165, 1.54) is 11.3 Å². The normalized spacial score (nSPS) is 10.6. The molecule has 0 fully saturated rings. The summed E-state index contributed by atoms with van der Waals surface area (Å²) in [5, 5.41) is 15.3. The summed E-state index contributed by atoms with van der Waals surface area (Å²) >= 11 is 1.35. The molecule has 0 radical (unpaired) electrons. The van der Waals surface area contributed by atoms with Crippen molar-refractivity contribution in [1.82, 2.24) is 10.1 Å². The first-order valence-corrected chi connectivity index (χ1v) is 6.41. The second kappa shape index (κ2) is 4.74. The second-order valence-corrected chi connectivity index (χ2v) is 4.71. The molecule has 0 aliphatic carbocycles. The number of ether oxygens (including phenoxy) is 1. The van der Waals surface area contributed by atoms with Gasteiger partial charge in [-0.1, -0.05) is 17.3 Å². The minimum atomic E-state index is 0.144. The van der Waals surface area contributed by atoms with Crippen molar-refractivity contribution < 1.29 is 14.4 Å². The molecule has 0 aliphatic heterocycles. The number of aromatic nitrogens is 2. The maximum absolute atomic E-state index is 9.63. The molecule has 3 aromatic rings. The lowest BCUT2D eigenvalue weighted by Gasteiger charge is -1.99. The molecule has 0 saturated heterocycles. The highest BCUT2D eigenvalue weighted by Gasteiger charge is 2.15. The number of aromatic hydroxyl groups is 1. The van der Waals surface area contributed by atoms with Crippen molar-refractivity contribution in [2.45, 2.75) is 0 Å². The molecule has 0 aliphatic rings. The van der Waals surface area contributed by atoms with Gasteiger partial charge >= 0.3 is 0 Å². The number of thiophene rings is 1. The molecule has 2 aromatic heterocycles. The van der Waals surface area contributed by atoms with E-state index in [9.17, 15) is 5.11 Å². The van der Waals surface area contributed by atoms with Crippen LogP contribution in [0.4, 0.5) is 0 Å². The van der Waals surface area contributed by atoms with Gasteiger partial charge in [0.05, 0.1) is 7.11 Å². The van der Waals surface area contributed by atoms with Crippen molar-refractivity contribution in [3.63, 3.8) is 0 Å². The number of rotatable bonds is 3. The predicted molar refractivity (Wildman–Crippen MR) is 71.3 cm³/mol. The summed E-state index contributed by atoms with van der Waals surface area (Å²) in [5.74, 6) is 1.64. The Hall–Kier alpha value is -2.34. The van der Waals surface area contributed by atoms with Gasteiger partial charge in [0.2, 0.25) is 5.82 Å². The van der Waals surface area contributed by atoms with Crippen LogP contribution < -0.4 is 4.74 Å². The molecule has 19 heavy (non-hydrogen) atoms. The summed E-state index contributed by atoms with van der Waals surface area (Å²) in [7, 11) is 1.60. The van der Waals surface area contributed by atoms with E-state index in [-0.39, 0.29) is 5.75 Å². The third-order valence-electron chi connectivity index (χ3n) is 2.59. The van der Waals surface area contributed by atoms with Gasteiger partial charge in [-0.15, -0.1) is 11.3 Å². The van der Waals surface area contributed by atoms with Crippen LogP contribution in [-0.2, 0) is 0 Å². The molecule has 6 heteroatoms. The molecular formula is C13H10N2O3S. The summed E-state index contributed by atoms with van der Waals surface area (Å²) in [6.45, 7) is 0. The number of hydrogen-bond acceptors (Lipinski definition) is 6. The van der Waals surface area contributed by atoms with Gasteiger partial charge in [-0.05, 0) is 23.6 Å². The zero-order chi connectivity index (χ0) is 13.2. The Kier molecular flexibility index (Phi) is 2.92. The topological polar surface area (TPSA) is 68.4 Å². The molecule has 0 spiro atoms. The predicted octanol–water partition coefficient (Wildman–Crippen LogP) is 3.18. The summed E-state index contributed by atoms with van der Waals surface area (Å²) in [5.41, 5.74) is 0.797. The molecule has 0 unspecified atom stereocenters. The standard InChI is InChI=1S/C13H10N2O3S/c1-17-9-4-2-3-8(7-9)12-14-13(18-15-12)11-10(16)5-6-19-11/h2-7,16H,1H3. The van der Waals surface area contributed by atoms with Crippen LogP contribution in [0.3, 0.4) is 0 Å². The summed E-state index contributed by atoms with van der Waals surface area (Å²) in [6.07, 6.45) is 0. The number of benzene rings is 1. The molecular weight excluding hydrogens is 264 g/mol. The Labute approximate surface area is 113 Å². The van der Waals surface area contributed by atoms with E-state index in [1.807, 2.05) is 24.3 Å². The van der Waals surface area contributed by atoms with E-state index in [2.05, 4.69) is 10.1 Å². The molecule has 3 rings (SSSR count). The molecule has 0 saturated carbocycles. The lowest BCUT2D eigenvalue weighted by molar-refractivity contribution is 0.414. The first kappa shape index (κ1) is 11.7. The molecule has 96 valence electrons. The van der Waals surface area contributed by atoms with Crippen molar-refractivity contribution in [2.24, 2.45) is 0 Å². The fourth-order valence-electron chi connectivity index (χ4n) is 1.66. The van der Waals surface area contributed by atoms with Crippen molar-refractivity contribution in [3.8, 4) is 33.7 Å². The summed E-state index contributed by atoms with van der Waals surface area (Å²) < 4.78 is 10.3. The fourth-order valence-corrected chi connectivity index (χ4v) is 2.36. The molecule has 0 amide bonds. The van der Waals surface area contributed by atoms with Gasteiger partial charge in [0.25, 0.3) is 5.89 Å². The molecule has 1 N–H and O–H groups in total. The number of methoxy groups -OCH3 is 1. The van der Waals surface area contributed by atoms with Crippen LogP contribution >= 0.6 is 11.3 Å². The van der Waals surface area contributed by atoms with E-state index in [0.29, 0.717) is 16.6 Å². The number of nitrogens with zero attached hydrogens (tertiary/aromatic N) is 2.